The van der Waals surface area contributed by atoms with E-state index >= 15 is 0 Å². The van der Waals surface area contributed by atoms with Crippen LogP contribution in [0.3, 0.4) is 0 Å². The summed E-state index contributed by atoms with van der Waals surface area (Å²) in [4.78, 5) is 27.0. The minimum Gasteiger partial charge on any atom is -0.321 e. The Morgan fingerprint density at radius 1 is 1.25 bits per heavy atom. The number of aryl methyl sites for hydroxylation is 2. The van der Waals surface area contributed by atoms with Crippen LogP contribution in [-0.4, -0.2) is 17.1 Å². The zero-order valence-electron chi connectivity index (χ0n) is 16.0. The SMILES string of the molecule is CCc1ccc(N2C(=O)C(C)S/C2=C(/C#N)C(=O)Nc2cccc(C)c2)cc1. The third-order valence-electron chi connectivity index (χ3n) is 4.49. The maximum absolute atomic E-state index is 12.8. The number of hydrogen-bond donors (Lipinski definition) is 1. The van der Waals surface area contributed by atoms with Gasteiger partial charge in [0.2, 0.25) is 5.91 Å². The molecule has 1 aliphatic heterocycles. The van der Waals surface area contributed by atoms with Gasteiger partial charge in [0.15, 0.2) is 0 Å². The summed E-state index contributed by atoms with van der Waals surface area (Å²) in [5.74, 6) is -0.659. The molecule has 6 heteroatoms. The number of nitrogens with zero attached hydrogens (tertiary/aromatic N) is 2. The number of nitrogens with one attached hydrogen (secondary N) is 1. The van der Waals surface area contributed by atoms with Gasteiger partial charge in [0.05, 0.1) is 5.25 Å². The lowest BCUT2D eigenvalue weighted by molar-refractivity contribution is -0.116. The third-order valence-corrected chi connectivity index (χ3v) is 5.66. The Kier molecular flexibility index (Phi) is 5.86. The highest BCUT2D eigenvalue weighted by Crippen LogP contribution is 2.40. The van der Waals surface area contributed by atoms with Crippen LogP contribution in [0.5, 0.6) is 0 Å². The number of carbonyl (C=O) groups is 2. The topological polar surface area (TPSA) is 73.2 Å². The number of hydrogen-bond acceptors (Lipinski definition) is 4. The van der Waals surface area contributed by atoms with Crippen molar-refractivity contribution in [1.29, 1.82) is 5.26 Å². The van der Waals surface area contributed by atoms with Crippen LogP contribution < -0.4 is 10.2 Å². The highest BCUT2D eigenvalue weighted by atomic mass is 32.2. The zero-order chi connectivity index (χ0) is 20.3. The number of amides is 2. The predicted molar refractivity (Wildman–Crippen MR) is 113 cm³/mol. The molecule has 0 aliphatic carbocycles. The van der Waals surface area contributed by atoms with Gasteiger partial charge in [0.1, 0.15) is 16.7 Å². The van der Waals surface area contributed by atoms with Crippen LogP contribution >= 0.6 is 11.8 Å². The summed E-state index contributed by atoms with van der Waals surface area (Å²) >= 11 is 1.23. The lowest BCUT2D eigenvalue weighted by Gasteiger charge is -2.19. The maximum atomic E-state index is 12.8. The second-order valence-corrected chi connectivity index (χ2v) is 7.90. The van der Waals surface area contributed by atoms with Crippen molar-refractivity contribution in [3.8, 4) is 6.07 Å². The van der Waals surface area contributed by atoms with E-state index in [1.807, 2.05) is 55.5 Å². The Morgan fingerprint density at radius 2 is 1.96 bits per heavy atom. The molecular formula is C22H21N3O2S. The quantitative estimate of drug-likeness (QED) is 0.619. The minimum absolute atomic E-state index is 0.0659. The molecule has 1 N–H and O–H groups in total. The molecule has 5 nitrogen and oxygen atoms in total. The van der Waals surface area contributed by atoms with Crippen molar-refractivity contribution in [3.05, 3.63) is 70.3 Å². The zero-order valence-corrected chi connectivity index (χ0v) is 16.8. The van der Waals surface area contributed by atoms with E-state index in [4.69, 9.17) is 0 Å². The second-order valence-electron chi connectivity index (χ2n) is 6.57. The third kappa shape index (κ3) is 3.95. The standard InChI is InChI=1S/C22H21N3O2S/c1-4-16-8-10-18(11-9-16)25-21(27)15(3)28-22(25)19(13-23)20(26)24-17-7-5-6-14(2)12-17/h5-12,15H,4H2,1-3H3,(H,24,26)/b22-19-. The molecule has 2 aromatic rings. The molecule has 3 rings (SSSR count). The van der Waals surface area contributed by atoms with Crippen LogP contribution in [0.4, 0.5) is 11.4 Å². The molecule has 2 aromatic carbocycles. The molecule has 1 heterocycles. The molecule has 1 fully saturated rings. The average Bonchev–Trinajstić information content (AvgIpc) is 2.97. The first-order valence-corrected chi connectivity index (χ1v) is 9.94. The van der Waals surface area contributed by atoms with E-state index in [2.05, 4.69) is 12.2 Å². The largest absolute Gasteiger partial charge is 0.321 e. The number of nitriles is 1. The van der Waals surface area contributed by atoms with Crippen molar-refractivity contribution < 1.29 is 9.59 Å². The van der Waals surface area contributed by atoms with E-state index in [1.165, 1.54) is 16.7 Å². The summed E-state index contributed by atoms with van der Waals surface area (Å²) in [7, 11) is 0. The smallest absolute Gasteiger partial charge is 0.269 e. The fourth-order valence-electron chi connectivity index (χ4n) is 2.96. The van der Waals surface area contributed by atoms with Crippen LogP contribution in [0.1, 0.15) is 25.0 Å². The van der Waals surface area contributed by atoms with Crippen LogP contribution in [0.25, 0.3) is 0 Å². The highest BCUT2D eigenvalue weighted by molar-refractivity contribution is 8.05. The molecule has 0 bridgehead atoms. The highest BCUT2D eigenvalue weighted by Gasteiger charge is 2.38. The molecule has 0 radical (unpaired) electrons. The lowest BCUT2D eigenvalue weighted by Crippen LogP contribution is -2.29. The maximum Gasteiger partial charge on any atom is 0.269 e. The molecular weight excluding hydrogens is 370 g/mol. The van der Waals surface area contributed by atoms with Gasteiger partial charge in [-0.2, -0.15) is 5.26 Å². The van der Waals surface area contributed by atoms with Crippen molar-refractivity contribution in [2.75, 3.05) is 10.2 Å². The van der Waals surface area contributed by atoms with Crippen molar-refractivity contribution in [2.24, 2.45) is 0 Å². The molecule has 2 amide bonds. The van der Waals surface area contributed by atoms with Gasteiger partial charge < -0.3 is 5.32 Å². The van der Waals surface area contributed by atoms with Gasteiger partial charge >= 0.3 is 0 Å². The van der Waals surface area contributed by atoms with Gasteiger partial charge in [-0.25, -0.2) is 0 Å². The van der Waals surface area contributed by atoms with Gasteiger partial charge in [-0.3, -0.25) is 14.5 Å². The van der Waals surface area contributed by atoms with Crippen molar-refractivity contribution in [3.63, 3.8) is 0 Å². The van der Waals surface area contributed by atoms with Crippen molar-refractivity contribution in [1.82, 2.24) is 0 Å². The van der Waals surface area contributed by atoms with Gasteiger partial charge in [0, 0.05) is 11.4 Å². The Balaban J connectivity index is 1.99. The number of rotatable bonds is 4. The lowest BCUT2D eigenvalue weighted by atomic mass is 10.1. The fourth-order valence-corrected chi connectivity index (χ4v) is 4.06. The Morgan fingerprint density at radius 3 is 2.57 bits per heavy atom. The van der Waals surface area contributed by atoms with Gasteiger partial charge in [-0.1, -0.05) is 43.0 Å². The number of anilines is 2. The molecule has 1 saturated heterocycles. The first-order valence-electron chi connectivity index (χ1n) is 9.06. The van der Waals surface area contributed by atoms with Crippen molar-refractivity contribution in [2.45, 2.75) is 32.4 Å². The summed E-state index contributed by atoms with van der Waals surface area (Å²) in [6.07, 6.45) is 0.893. The monoisotopic (exact) mass is 391 g/mol. The number of thioether (sulfide) groups is 1. The predicted octanol–water partition coefficient (Wildman–Crippen LogP) is 4.40. The van der Waals surface area contributed by atoms with E-state index < -0.39 is 5.91 Å². The second kappa shape index (κ2) is 8.32. The summed E-state index contributed by atoms with van der Waals surface area (Å²) < 4.78 is 0. The van der Waals surface area contributed by atoms with Gasteiger partial charge in [0.25, 0.3) is 5.91 Å². The van der Waals surface area contributed by atoms with E-state index in [0.717, 1.165) is 17.5 Å². The molecule has 0 saturated carbocycles. The Hall–Kier alpha value is -3.04. The van der Waals surface area contributed by atoms with Crippen LogP contribution in [0.2, 0.25) is 0 Å². The number of carbonyl (C=O) groups excluding carboxylic acids is 2. The normalized spacial score (nSPS) is 18.0. The van der Waals surface area contributed by atoms with E-state index in [9.17, 15) is 14.9 Å². The first kappa shape index (κ1) is 19.7. The summed E-state index contributed by atoms with van der Waals surface area (Å²) in [5.41, 5.74) is 3.36. The molecule has 1 atom stereocenters. The summed E-state index contributed by atoms with van der Waals surface area (Å²) in [5, 5.41) is 12.5. The van der Waals surface area contributed by atoms with Gasteiger partial charge in [-0.15, -0.1) is 0 Å². The first-order chi connectivity index (χ1) is 13.4. The van der Waals surface area contributed by atoms with Gasteiger partial charge in [-0.05, 0) is 55.7 Å². The molecule has 1 aliphatic rings. The fraction of sp³-hybridized carbons (Fsp3) is 0.227. The van der Waals surface area contributed by atoms with Crippen LogP contribution in [0, 0.1) is 18.3 Å². The van der Waals surface area contributed by atoms with Crippen LogP contribution in [-0.2, 0) is 16.0 Å². The number of benzene rings is 2. The Labute approximate surface area is 169 Å². The molecule has 28 heavy (non-hydrogen) atoms. The van der Waals surface area contributed by atoms with E-state index in [0.29, 0.717) is 16.4 Å². The molecule has 0 spiro atoms. The van der Waals surface area contributed by atoms with E-state index in [-0.39, 0.29) is 16.7 Å². The molecule has 142 valence electrons. The van der Waals surface area contributed by atoms with Crippen LogP contribution in [0.15, 0.2) is 59.1 Å². The molecule has 0 aromatic heterocycles. The van der Waals surface area contributed by atoms with Crippen molar-refractivity contribution >= 4 is 35.0 Å². The Bertz CT molecular complexity index is 990. The van der Waals surface area contributed by atoms with E-state index in [1.54, 1.807) is 13.0 Å². The molecule has 1 unspecified atom stereocenters. The summed E-state index contributed by atoms with van der Waals surface area (Å²) in [6.45, 7) is 5.76. The average molecular weight is 391 g/mol. The summed E-state index contributed by atoms with van der Waals surface area (Å²) in [6, 6.07) is 16.9. The minimum atomic E-state index is -0.521.